The minimum Gasteiger partial charge on any atom is -0.408 e. The number of H-pyrrole nitrogens is 1. The molecule has 0 bridgehead atoms. The molecule has 4 aromatic rings. The van der Waals surface area contributed by atoms with Crippen LogP contribution >= 0.6 is 11.3 Å². The van der Waals surface area contributed by atoms with E-state index in [1.54, 1.807) is 23.6 Å². The fraction of sp³-hybridized carbons (Fsp3) is 0. The lowest BCUT2D eigenvalue weighted by Crippen LogP contribution is -2.12. The van der Waals surface area contributed by atoms with Gasteiger partial charge >= 0.3 is 5.76 Å². The highest BCUT2D eigenvalue weighted by Gasteiger charge is 2.20. The van der Waals surface area contributed by atoms with Crippen LogP contribution in [0, 0.1) is 20.2 Å². The molecule has 4 rings (SSSR count). The fourth-order valence-electron chi connectivity index (χ4n) is 2.68. The standard InChI is InChI=1S/C17H9N5O7S/c23-15(9-3-10(21(25)26)6-11(4-9)22(27)28)20-16-18-13(7-30-16)8-1-2-14-12(5-8)19-17(24)29-14/h1-7H,(H,19,24)(H,18,20,23). The molecule has 0 aliphatic rings. The average Bonchev–Trinajstić information content (AvgIpc) is 3.32. The van der Waals surface area contributed by atoms with Gasteiger partial charge in [0.05, 0.1) is 32.7 Å². The molecule has 0 saturated carbocycles. The first-order chi connectivity index (χ1) is 14.3. The van der Waals surface area contributed by atoms with Crippen molar-refractivity contribution >= 4 is 44.9 Å². The smallest absolute Gasteiger partial charge is 0.408 e. The predicted octanol–water partition coefficient (Wildman–Crippen LogP) is 3.31. The Kier molecular flexibility index (Phi) is 4.56. The molecule has 0 radical (unpaired) electrons. The number of amides is 1. The van der Waals surface area contributed by atoms with Gasteiger partial charge in [-0.05, 0) is 18.2 Å². The van der Waals surface area contributed by atoms with Crippen LogP contribution in [0.25, 0.3) is 22.4 Å². The van der Waals surface area contributed by atoms with Crippen LogP contribution in [-0.4, -0.2) is 25.7 Å². The van der Waals surface area contributed by atoms with Crippen molar-refractivity contribution in [3.8, 4) is 11.3 Å². The molecule has 2 aromatic carbocycles. The molecule has 150 valence electrons. The lowest BCUT2D eigenvalue weighted by Gasteiger charge is -2.02. The lowest BCUT2D eigenvalue weighted by molar-refractivity contribution is -0.394. The number of nitrogens with zero attached hydrogens (tertiary/aromatic N) is 3. The van der Waals surface area contributed by atoms with E-state index in [1.807, 2.05) is 0 Å². The number of fused-ring (bicyclic) bond motifs is 1. The molecule has 2 heterocycles. The first-order valence-corrected chi connectivity index (χ1v) is 9.02. The van der Waals surface area contributed by atoms with Gasteiger partial charge in [0.15, 0.2) is 10.7 Å². The van der Waals surface area contributed by atoms with E-state index in [0.717, 1.165) is 29.5 Å². The molecule has 0 atom stereocenters. The van der Waals surface area contributed by atoms with Crippen LogP contribution in [0.1, 0.15) is 10.4 Å². The van der Waals surface area contributed by atoms with E-state index in [-0.39, 0.29) is 10.7 Å². The van der Waals surface area contributed by atoms with Crippen LogP contribution < -0.4 is 11.1 Å². The van der Waals surface area contributed by atoms with Gasteiger partial charge in [0.25, 0.3) is 17.3 Å². The highest BCUT2D eigenvalue weighted by atomic mass is 32.1. The molecular formula is C17H9N5O7S. The highest BCUT2D eigenvalue weighted by molar-refractivity contribution is 7.14. The highest BCUT2D eigenvalue weighted by Crippen LogP contribution is 2.28. The number of aromatic nitrogens is 2. The quantitative estimate of drug-likeness (QED) is 0.360. The minimum atomic E-state index is -0.818. The zero-order valence-corrected chi connectivity index (χ0v) is 15.5. The van der Waals surface area contributed by atoms with Gasteiger partial charge in [0.1, 0.15) is 0 Å². The van der Waals surface area contributed by atoms with E-state index in [4.69, 9.17) is 4.42 Å². The summed E-state index contributed by atoms with van der Waals surface area (Å²) in [7, 11) is 0. The van der Waals surface area contributed by atoms with Crippen molar-refractivity contribution in [2.24, 2.45) is 0 Å². The summed E-state index contributed by atoms with van der Waals surface area (Å²) in [6.45, 7) is 0. The first-order valence-electron chi connectivity index (χ1n) is 8.14. The molecule has 0 unspecified atom stereocenters. The van der Waals surface area contributed by atoms with E-state index in [0.29, 0.717) is 22.4 Å². The number of carbonyl (C=O) groups is 1. The van der Waals surface area contributed by atoms with Gasteiger partial charge < -0.3 is 4.42 Å². The number of non-ortho nitro benzene ring substituents is 2. The summed E-state index contributed by atoms with van der Waals surface area (Å²) in [5, 5.41) is 26.3. The topological polar surface area (TPSA) is 174 Å². The molecule has 30 heavy (non-hydrogen) atoms. The molecule has 1 amide bonds. The Morgan fingerprint density at radius 1 is 1.10 bits per heavy atom. The number of benzene rings is 2. The van der Waals surface area contributed by atoms with E-state index < -0.39 is 32.9 Å². The van der Waals surface area contributed by atoms with Crippen LogP contribution in [0.3, 0.4) is 0 Å². The van der Waals surface area contributed by atoms with Crippen molar-refractivity contribution in [2.45, 2.75) is 0 Å². The van der Waals surface area contributed by atoms with Crippen LogP contribution in [-0.2, 0) is 0 Å². The summed E-state index contributed by atoms with van der Waals surface area (Å²) < 4.78 is 4.94. The van der Waals surface area contributed by atoms with Crippen molar-refractivity contribution in [1.82, 2.24) is 9.97 Å². The second kappa shape index (κ2) is 7.21. The van der Waals surface area contributed by atoms with Gasteiger partial charge in [-0.2, -0.15) is 0 Å². The fourth-order valence-corrected chi connectivity index (χ4v) is 3.40. The normalized spacial score (nSPS) is 10.8. The number of oxazole rings is 1. The third-order valence-electron chi connectivity index (χ3n) is 4.03. The second-order valence-electron chi connectivity index (χ2n) is 5.97. The average molecular weight is 427 g/mol. The summed E-state index contributed by atoms with van der Waals surface area (Å²) in [5.41, 5.74) is 0.643. The van der Waals surface area contributed by atoms with Crippen molar-refractivity contribution in [3.05, 3.63) is 78.1 Å². The summed E-state index contributed by atoms with van der Waals surface area (Å²) in [6.07, 6.45) is 0. The Balaban J connectivity index is 1.60. The van der Waals surface area contributed by atoms with E-state index in [1.165, 1.54) is 0 Å². The van der Waals surface area contributed by atoms with Gasteiger partial charge in [-0.3, -0.25) is 35.3 Å². The summed E-state index contributed by atoms with van der Waals surface area (Å²) >= 11 is 1.09. The van der Waals surface area contributed by atoms with Gasteiger partial charge in [0, 0.05) is 23.1 Å². The third kappa shape index (κ3) is 3.64. The summed E-state index contributed by atoms with van der Waals surface area (Å²) in [6, 6.07) is 7.60. The second-order valence-corrected chi connectivity index (χ2v) is 6.83. The summed E-state index contributed by atoms with van der Waals surface area (Å²) in [5.74, 6) is -1.36. The maximum Gasteiger partial charge on any atom is 0.417 e. The van der Waals surface area contributed by atoms with E-state index in [9.17, 15) is 29.8 Å². The number of nitro benzene ring substituents is 2. The Hall–Kier alpha value is -4.39. The monoisotopic (exact) mass is 427 g/mol. The van der Waals surface area contributed by atoms with E-state index >= 15 is 0 Å². The maximum atomic E-state index is 12.4. The zero-order chi connectivity index (χ0) is 21.4. The lowest BCUT2D eigenvalue weighted by atomic mass is 10.1. The molecule has 0 aliphatic heterocycles. The Labute approximate surface area is 169 Å². The molecule has 0 aliphatic carbocycles. The number of aromatic amines is 1. The van der Waals surface area contributed by atoms with Gasteiger partial charge in [-0.15, -0.1) is 11.3 Å². The van der Waals surface area contributed by atoms with Gasteiger partial charge in [-0.25, -0.2) is 9.78 Å². The molecule has 0 fully saturated rings. The number of hydrogen-bond donors (Lipinski definition) is 2. The Bertz CT molecular complexity index is 1350. The number of nitrogens with one attached hydrogen (secondary N) is 2. The number of carbonyl (C=O) groups excluding carboxylic acids is 1. The molecule has 13 heteroatoms. The summed E-state index contributed by atoms with van der Waals surface area (Å²) in [4.78, 5) is 50.8. The van der Waals surface area contributed by atoms with Gasteiger partial charge in [0.2, 0.25) is 0 Å². The number of hydrogen-bond acceptors (Lipinski definition) is 9. The third-order valence-corrected chi connectivity index (χ3v) is 4.78. The molecule has 2 aromatic heterocycles. The Morgan fingerprint density at radius 3 is 2.47 bits per heavy atom. The van der Waals surface area contributed by atoms with Crippen LogP contribution in [0.2, 0.25) is 0 Å². The largest absolute Gasteiger partial charge is 0.417 e. The molecular weight excluding hydrogens is 418 g/mol. The predicted molar refractivity (Wildman–Crippen MR) is 106 cm³/mol. The van der Waals surface area contributed by atoms with Crippen LogP contribution in [0.4, 0.5) is 16.5 Å². The molecule has 0 saturated heterocycles. The number of anilines is 1. The molecule has 2 N–H and O–H groups in total. The van der Waals surface area contributed by atoms with Crippen molar-refractivity contribution in [3.63, 3.8) is 0 Å². The van der Waals surface area contributed by atoms with Crippen LogP contribution in [0.15, 0.2) is 51.0 Å². The molecule has 0 spiro atoms. The van der Waals surface area contributed by atoms with Crippen molar-refractivity contribution < 1.29 is 19.1 Å². The minimum absolute atomic E-state index is 0.185. The molecule has 12 nitrogen and oxygen atoms in total. The maximum absolute atomic E-state index is 12.4. The van der Waals surface area contributed by atoms with Gasteiger partial charge in [-0.1, -0.05) is 0 Å². The number of thiazole rings is 1. The van der Waals surface area contributed by atoms with Crippen molar-refractivity contribution in [1.29, 1.82) is 0 Å². The van der Waals surface area contributed by atoms with Crippen molar-refractivity contribution in [2.75, 3.05) is 5.32 Å². The number of rotatable bonds is 5. The van der Waals surface area contributed by atoms with E-state index in [2.05, 4.69) is 15.3 Å². The zero-order valence-electron chi connectivity index (χ0n) is 14.6. The first kappa shape index (κ1) is 18.9. The Morgan fingerprint density at radius 2 is 1.80 bits per heavy atom. The van der Waals surface area contributed by atoms with Crippen LogP contribution in [0.5, 0.6) is 0 Å². The SMILES string of the molecule is O=C(Nc1nc(-c2ccc3oc(=O)[nH]c3c2)cs1)c1cc([N+](=O)[O-])cc([N+](=O)[O-])c1. The number of nitro groups is 2.